The van der Waals surface area contributed by atoms with Crippen molar-refractivity contribution in [3.8, 4) is 11.1 Å². The molecule has 9 heteroatoms. The van der Waals surface area contributed by atoms with Gasteiger partial charge in [0.1, 0.15) is 11.6 Å². The van der Waals surface area contributed by atoms with E-state index in [9.17, 15) is 23.2 Å². The van der Waals surface area contributed by atoms with E-state index in [-0.39, 0.29) is 46.8 Å². The number of hydrogen-bond acceptors (Lipinski definition) is 3. The zero-order chi connectivity index (χ0) is 29.4. The number of carbonyl (C=O) groups excluding carboxylic acids is 3. The highest BCUT2D eigenvalue weighted by atomic mass is 35.5. The summed E-state index contributed by atoms with van der Waals surface area (Å²) >= 11 is 5.54. The number of halogens is 3. The van der Waals surface area contributed by atoms with E-state index in [0.29, 0.717) is 5.56 Å². The molecule has 4 rings (SSSR count). The molecule has 1 heterocycles. The smallest absolute Gasteiger partial charge is 0.253 e. The first kappa shape index (κ1) is 30.2. The van der Waals surface area contributed by atoms with E-state index in [1.165, 1.54) is 13.1 Å². The Morgan fingerprint density at radius 3 is 2.23 bits per heavy atom. The number of ketones is 1. The molecular formula is C31H30ClF2N3O3. The number of hydrogen-bond donors (Lipinski definition) is 3. The number of amides is 2. The summed E-state index contributed by atoms with van der Waals surface area (Å²) in [6, 6.07) is 18.4. The topological polar surface area (TPSA) is 105 Å². The maximum absolute atomic E-state index is 14.9. The molecule has 0 bridgehead atoms. The Morgan fingerprint density at radius 2 is 1.62 bits per heavy atom. The molecule has 208 valence electrons. The van der Waals surface area contributed by atoms with Gasteiger partial charge in [-0.15, -0.1) is 0 Å². The minimum Gasteiger partial charge on any atom is -0.370 e. The molecule has 4 N–H and O–H groups in total. The van der Waals surface area contributed by atoms with Crippen molar-refractivity contribution < 1.29 is 23.2 Å². The third-order valence-corrected chi connectivity index (χ3v) is 6.41. The zero-order valence-corrected chi connectivity index (χ0v) is 23.1. The van der Waals surface area contributed by atoms with Crippen molar-refractivity contribution >= 4 is 29.2 Å². The number of aromatic nitrogens is 1. The van der Waals surface area contributed by atoms with Crippen LogP contribution in [0.5, 0.6) is 0 Å². The molecule has 0 aliphatic carbocycles. The van der Waals surface area contributed by atoms with Crippen LogP contribution in [0.2, 0.25) is 5.02 Å². The summed E-state index contributed by atoms with van der Waals surface area (Å²) in [5.41, 5.74) is 6.05. The van der Waals surface area contributed by atoms with Gasteiger partial charge in [0.15, 0.2) is 0 Å². The highest BCUT2D eigenvalue weighted by Gasteiger charge is 2.28. The van der Waals surface area contributed by atoms with Gasteiger partial charge in [-0.25, -0.2) is 8.78 Å². The predicted molar refractivity (Wildman–Crippen MR) is 152 cm³/mol. The fraction of sp³-hybridized carbons (Fsp3) is 0.194. The Labute approximate surface area is 236 Å². The molecule has 3 aromatic carbocycles. The fourth-order valence-electron chi connectivity index (χ4n) is 3.99. The molecule has 2 amide bonds. The summed E-state index contributed by atoms with van der Waals surface area (Å²) in [7, 11) is 0. The van der Waals surface area contributed by atoms with E-state index in [0.717, 1.165) is 22.7 Å². The van der Waals surface area contributed by atoms with Gasteiger partial charge in [-0.1, -0.05) is 61.8 Å². The Balaban J connectivity index is 0.000000547. The van der Waals surface area contributed by atoms with Crippen molar-refractivity contribution in [1.29, 1.82) is 0 Å². The van der Waals surface area contributed by atoms with Crippen LogP contribution in [0, 0.1) is 18.6 Å². The van der Waals surface area contributed by atoms with Gasteiger partial charge in [-0.3, -0.25) is 14.4 Å². The van der Waals surface area contributed by atoms with Crippen LogP contribution in [0.15, 0.2) is 72.9 Å². The van der Waals surface area contributed by atoms with Crippen molar-refractivity contribution in [2.75, 3.05) is 6.54 Å². The molecule has 0 spiro atoms. The number of benzene rings is 3. The second-order valence-electron chi connectivity index (χ2n) is 9.36. The maximum Gasteiger partial charge on any atom is 0.253 e. The molecule has 0 fully saturated rings. The van der Waals surface area contributed by atoms with Crippen LogP contribution in [0.4, 0.5) is 8.78 Å². The number of aromatic amines is 1. The number of nitrogens with two attached hydrogens (primary N) is 1. The van der Waals surface area contributed by atoms with Gasteiger partial charge in [0.2, 0.25) is 11.7 Å². The van der Waals surface area contributed by atoms with Crippen LogP contribution in [0.1, 0.15) is 63.7 Å². The van der Waals surface area contributed by atoms with E-state index < -0.39 is 29.2 Å². The van der Waals surface area contributed by atoms with Gasteiger partial charge in [-0.05, 0) is 54.3 Å². The Hall–Kier alpha value is -4.30. The van der Waals surface area contributed by atoms with E-state index in [1.54, 1.807) is 18.2 Å². The Kier molecular flexibility index (Phi) is 10.3. The van der Waals surface area contributed by atoms with Crippen molar-refractivity contribution in [3.63, 3.8) is 0 Å². The highest BCUT2D eigenvalue weighted by Crippen LogP contribution is 2.35. The molecule has 4 aromatic rings. The van der Waals surface area contributed by atoms with Crippen molar-refractivity contribution in [3.05, 3.63) is 118 Å². The van der Waals surface area contributed by atoms with Crippen molar-refractivity contribution in [2.24, 2.45) is 5.73 Å². The summed E-state index contributed by atoms with van der Waals surface area (Å²) in [6.07, 6.45) is 1.19. The number of H-pyrrole nitrogens is 1. The second kappa shape index (κ2) is 13.7. The monoisotopic (exact) mass is 565 g/mol. The lowest BCUT2D eigenvalue weighted by molar-refractivity contribution is -0.117. The van der Waals surface area contributed by atoms with E-state index in [4.69, 9.17) is 17.3 Å². The summed E-state index contributed by atoms with van der Waals surface area (Å²) < 4.78 is 29.3. The van der Waals surface area contributed by atoms with Crippen LogP contribution >= 0.6 is 11.6 Å². The molecule has 40 heavy (non-hydrogen) atoms. The highest BCUT2D eigenvalue weighted by molar-refractivity contribution is 6.30. The van der Waals surface area contributed by atoms with Gasteiger partial charge in [0.25, 0.3) is 5.91 Å². The molecule has 6 nitrogen and oxygen atoms in total. The average Bonchev–Trinajstić information content (AvgIpc) is 3.36. The van der Waals surface area contributed by atoms with Gasteiger partial charge >= 0.3 is 0 Å². The molecule has 0 unspecified atom stereocenters. The van der Waals surface area contributed by atoms with Crippen molar-refractivity contribution in [1.82, 2.24) is 10.3 Å². The quantitative estimate of drug-likeness (QED) is 0.210. The molecule has 0 aliphatic rings. The predicted octanol–water partition coefficient (Wildman–Crippen LogP) is 6.57. The molecule has 0 saturated carbocycles. The largest absolute Gasteiger partial charge is 0.370 e. The summed E-state index contributed by atoms with van der Waals surface area (Å²) in [5.74, 6) is -2.99. The SMILES string of the molecule is Cc1c(F)ccc(F)c1-c1c(C(=O)NCCC(N)=O)c[nH]c1C(=O)c1cccc(C(C)C)c1.Clc1ccccc1. The summed E-state index contributed by atoms with van der Waals surface area (Å²) in [5, 5.41) is 3.32. The minimum absolute atomic E-state index is 0.0363. The van der Waals surface area contributed by atoms with Gasteiger partial charge < -0.3 is 16.0 Å². The number of primary amides is 1. The minimum atomic E-state index is -0.773. The first-order valence-corrected chi connectivity index (χ1v) is 13.0. The van der Waals surface area contributed by atoms with Gasteiger partial charge in [0, 0.05) is 40.9 Å². The third-order valence-electron chi connectivity index (χ3n) is 6.16. The molecule has 0 radical (unpaired) electrons. The average molecular weight is 566 g/mol. The van der Waals surface area contributed by atoms with E-state index >= 15 is 0 Å². The van der Waals surface area contributed by atoms with E-state index in [1.807, 2.05) is 50.2 Å². The molecule has 0 atom stereocenters. The molecule has 0 saturated heterocycles. The Bertz CT molecular complexity index is 1520. The third kappa shape index (κ3) is 7.42. The normalized spacial score (nSPS) is 10.6. The van der Waals surface area contributed by atoms with Crippen LogP contribution in [0.25, 0.3) is 11.1 Å². The lowest BCUT2D eigenvalue weighted by atomic mass is 9.92. The number of carbonyl (C=O) groups is 3. The van der Waals surface area contributed by atoms with Crippen LogP contribution < -0.4 is 11.1 Å². The van der Waals surface area contributed by atoms with Crippen molar-refractivity contribution in [2.45, 2.75) is 33.1 Å². The van der Waals surface area contributed by atoms with Crippen LogP contribution in [0.3, 0.4) is 0 Å². The lowest BCUT2D eigenvalue weighted by Gasteiger charge is -2.13. The number of rotatable bonds is 8. The Morgan fingerprint density at radius 1 is 0.950 bits per heavy atom. The van der Waals surface area contributed by atoms with Crippen LogP contribution in [-0.2, 0) is 4.79 Å². The standard InChI is InChI=1S/C25H25F2N3O3.C6H5Cl/c1-13(2)15-5-4-6-16(11-15)24(32)23-22(21-14(3)18(26)7-8-19(21)27)17(12-30-23)25(33)29-10-9-20(28)31;7-6-4-2-1-3-5-6/h4-8,11-13,30H,9-10H2,1-3H3,(H2,28,31)(H,29,33);1-5H. The van der Waals surface area contributed by atoms with Gasteiger partial charge in [0.05, 0.1) is 11.3 Å². The zero-order valence-electron chi connectivity index (χ0n) is 22.4. The maximum atomic E-state index is 14.9. The fourth-order valence-corrected chi connectivity index (χ4v) is 4.14. The first-order chi connectivity index (χ1) is 19.0. The van der Waals surface area contributed by atoms with Crippen LogP contribution in [-0.4, -0.2) is 29.1 Å². The summed E-state index contributed by atoms with van der Waals surface area (Å²) in [4.78, 5) is 40.0. The lowest BCUT2D eigenvalue weighted by Crippen LogP contribution is -2.28. The van der Waals surface area contributed by atoms with E-state index in [2.05, 4.69) is 10.3 Å². The molecule has 0 aliphatic heterocycles. The number of nitrogens with one attached hydrogen (secondary N) is 2. The first-order valence-electron chi connectivity index (χ1n) is 12.6. The molecule has 1 aromatic heterocycles. The van der Waals surface area contributed by atoms with Gasteiger partial charge in [-0.2, -0.15) is 0 Å². The summed E-state index contributed by atoms with van der Waals surface area (Å²) in [6.45, 7) is 5.32. The molecular weight excluding hydrogens is 536 g/mol. The second-order valence-corrected chi connectivity index (χ2v) is 9.80.